The minimum Gasteiger partial charge on any atom is -0.385 e. The Balaban J connectivity index is 2.35. The van der Waals surface area contributed by atoms with Crippen LogP contribution in [0.4, 0.5) is 0 Å². The summed E-state index contributed by atoms with van der Waals surface area (Å²) >= 11 is 5.87. The molecule has 1 saturated carbocycles. The van der Waals surface area contributed by atoms with E-state index in [-0.39, 0.29) is 0 Å². The average Bonchev–Trinajstić information content (AvgIpc) is 2.14. The van der Waals surface area contributed by atoms with E-state index in [4.69, 9.17) is 11.6 Å². The maximum absolute atomic E-state index is 10.2. The van der Waals surface area contributed by atoms with Crippen molar-refractivity contribution >= 4 is 11.6 Å². The Morgan fingerprint density at radius 1 is 1.54 bits per heavy atom. The normalized spacial score (nSPS) is 32.7. The lowest BCUT2D eigenvalue weighted by atomic mass is 9.67. The van der Waals surface area contributed by atoms with Crippen LogP contribution < -0.4 is 0 Å². The molecular weight excluding hydrogens is 184 g/mol. The highest BCUT2D eigenvalue weighted by Crippen LogP contribution is 2.46. The summed E-state index contributed by atoms with van der Waals surface area (Å²) in [4.78, 5) is 0. The predicted molar refractivity (Wildman–Crippen MR) is 53.7 cm³/mol. The van der Waals surface area contributed by atoms with E-state index in [0.717, 1.165) is 18.4 Å². The molecule has 2 atom stereocenters. The SMILES string of the molecule is CC1CCC1(O)c1cccc(Cl)c1. The summed E-state index contributed by atoms with van der Waals surface area (Å²) in [6.07, 6.45) is 1.96. The van der Waals surface area contributed by atoms with Gasteiger partial charge in [-0.1, -0.05) is 30.7 Å². The van der Waals surface area contributed by atoms with Crippen molar-refractivity contribution in [1.29, 1.82) is 0 Å². The highest BCUT2D eigenvalue weighted by Gasteiger charge is 2.43. The first-order chi connectivity index (χ1) is 6.13. The van der Waals surface area contributed by atoms with Crippen LogP contribution in [-0.2, 0) is 5.60 Å². The molecular formula is C11H13ClO. The number of rotatable bonds is 1. The van der Waals surface area contributed by atoms with Crippen LogP contribution in [0.3, 0.4) is 0 Å². The molecule has 2 unspecified atom stereocenters. The molecule has 13 heavy (non-hydrogen) atoms. The summed E-state index contributed by atoms with van der Waals surface area (Å²) < 4.78 is 0. The molecule has 1 aromatic carbocycles. The lowest BCUT2D eigenvalue weighted by molar-refractivity contribution is -0.0930. The van der Waals surface area contributed by atoms with Crippen LogP contribution >= 0.6 is 11.6 Å². The Kier molecular flexibility index (Phi) is 2.09. The molecule has 70 valence electrons. The second-order valence-electron chi connectivity index (χ2n) is 3.87. The number of aliphatic hydroxyl groups is 1. The summed E-state index contributed by atoms with van der Waals surface area (Å²) in [5.74, 6) is 0.353. The third-order valence-electron chi connectivity index (χ3n) is 3.10. The van der Waals surface area contributed by atoms with Crippen molar-refractivity contribution in [3.8, 4) is 0 Å². The van der Waals surface area contributed by atoms with Gasteiger partial charge in [-0.2, -0.15) is 0 Å². The molecule has 2 heteroatoms. The van der Waals surface area contributed by atoms with Gasteiger partial charge in [-0.15, -0.1) is 0 Å². The Bertz CT molecular complexity index is 324. The molecule has 0 aromatic heterocycles. The van der Waals surface area contributed by atoms with E-state index in [1.807, 2.05) is 24.3 Å². The second kappa shape index (κ2) is 3.00. The van der Waals surface area contributed by atoms with E-state index in [2.05, 4.69) is 6.92 Å². The second-order valence-corrected chi connectivity index (χ2v) is 4.31. The Morgan fingerprint density at radius 2 is 2.31 bits per heavy atom. The highest BCUT2D eigenvalue weighted by atomic mass is 35.5. The molecule has 1 N–H and O–H groups in total. The maximum Gasteiger partial charge on any atom is 0.0922 e. The molecule has 1 nitrogen and oxygen atoms in total. The third kappa shape index (κ3) is 1.36. The molecule has 2 rings (SSSR count). The van der Waals surface area contributed by atoms with Crippen molar-refractivity contribution < 1.29 is 5.11 Å². The summed E-state index contributed by atoms with van der Waals surface area (Å²) in [5.41, 5.74) is 0.337. The zero-order valence-corrected chi connectivity index (χ0v) is 8.38. The van der Waals surface area contributed by atoms with Gasteiger partial charge < -0.3 is 5.11 Å². The average molecular weight is 197 g/mol. The van der Waals surface area contributed by atoms with E-state index in [0.29, 0.717) is 10.9 Å². The fourth-order valence-corrected chi connectivity index (χ4v) is 2.08. The Morgan fingerprint density at radius 3 is 2.77 bits per heavy atom. The molecule has 0 bridgehead atoms. The molecule has 1 aliphatic rings. The zero-order chi connectivity index (χ0) is 9.47. The Labute approximate surface area is 83.3 Å². The summed E-state index contributed by atoms with van der Waals surface area (Å²) in [5, 5.41) is 10.9. The Hall–Kier alpha value is -0.530. The molecule has 0 amide bonds. The van der Waals surface area contributed by atoms with Gasteiger partial charge in [0.15, 0.2) is 0 Å². The van der Waals surface area contributed by atoms with Gasteiger partial charge in [0.2, 0.25) is 0 Å². The van der Waals surface area contributed by atoms with Crippen molar-refractivity contribution in [1.82, 2.24) is 0 Å². The molecule has 1 aromatic rings. The van der Waals surface area contributed by atoms with Gasteiger partial charge in [0.1, 0.15) is 0 Å². The van der Waals surface area contributed by atoms with Gasteiger partial charge in [0.05, 0.1) is 5.60 Å². The van der Waals surface area contributed by atoms with Crippen molar-refractivity contribution in [3.63, 3.8) is 0 Å². The number of hydrogen-bond donors (Lipinski definition) is 1. The van der Waals surface area contributed by atoms with Gasteiger partial charge >= 0.3 is 0 Å². The minimum atomic E-state index is -0.620. The number of benzene rings is 1. The lowest BCUT2D eigenvalue weighted by Crippen LogP contribution is -2.42. The molecule has 1 fully saturated rings. The van der Waals surface area contributed by atoms with E-state index >= 15 is 0 Å². The minimum absolute atomic E-state index is 0.353. The smallest absolute Gasteiger partial charge is 0.0922 e. The molecule has 0 saturated heterocycles. The zero-order valence-electron chi connectivity index (χ0n) is 7.63. The molecule has 0 spiro atoms. The third-order valence-corrected chi connectivity index (χ3v) is 3.33. The number of halogens is 1. The van der Waals surface area contributed by atoms with Crippen LogP contribution in [0, 0.1) is 5.92 Å². The van der Waals surface area contributed by atoms with Crippen LogP contribution in [0.1, 0.15) is 25.3 Å². The quantitative estimate of drug-likeness (QED) is 0.732. The fraction of sp³-hybridized carbons (Fsp3) is 0.455. The predicted octanol–water partition coefficient (Wildman–Crippen LogP) is 2.96. The fourth-order valence-electron chi connectivity index (χ4n) is 1.89. The lowest BCUT2D eigenvalue weighted by Gasteiger charge is -2.44. The van der Waals surface area contributed by atoms with E-state index in [9.17, 15) is 5.11 Å². The number of hydrogen-bond acceptors (Lipinski definition) is 1. The van der Waals surface area contributed by atoms with Crippen molar-refractivity contribution in [2.45, 2.75) is 25.4 Å². The van der Waals surface area contributed by atoms with Gasteiger partial charge in [-0.25, -0.2) is 0 Å². The van der Waals surface area contributed by atoms with Crippen LogP contribution in [0.15, 0.2) is 24.3 Å². The van der Waals surface area contributed by atoms with Crippen LogP contribution in [-0.4, -0.2) is 5.11 Å². The van der Waals surface area contributed by atoms with Crippen LogP contribution in [0.25, 0.3) is 0 Å². The monoisotopic (exact) mass is 196 g/mol. The van der Waals surface area contributed by atoms with Gasteiger partial charge in [0.25, 0.3) is 0 Å². The van der Waals surface area contributed by atoms with E-state index < -0.39 is 5.60 Å². The summed E-state index contributed by atoms with van der Waals surface area (Å²) in [6.45, 7) is 2.07. The topological polar surface area (TPSA) is 20.2 Å². The van der Waals surface area contributed by atoms with Crippen molar-refractivity contribution in [2.24, 2.45) is 5.92 Å². The highest BCUT2D eigenvalue weighted by molar-refractivity contribution is 6.30. The van der Waals surface area contributed by atoms with E-state index in [1.165, 1.54) is 0 Å². The standard InChI is InChI=1S/C11H13ClO/c1-8-5-6-11(8,13)9-3-2-4-10(12)7-9/h2-4,7-8,13H,5-6H2,1H3. The van der Waals surface area contributed by atoms with Crippen molar-refractivity contribution in [3.05, 3.63) is 34.9 Å². The molecule has 1 aliphatic carbocycles. The van der Waals surface area contributed by atoms with Gasteiger partial charge in [0, 0.05) is 5.02 Å². The molecule has 0 aliphatic heterocycles. The van der Waals surface area contributed by atoms with Crippen LogP contribution in [0.5, 0.6) is 0 Å². The molecule has 0 heterocycles. The first-order valence-corrected chi connectivity index (χ1v) is 4.99. The van der Waals surface area contributed by atoms with Crippen LogP contribution in [0.2, 0.25) is 5.02 Å². The first-order valence-electron chi connectivity index (χ1n) is 4.61. The first kappa shape index (κ1) is 9.04. The van der Waals surface area contributed by atoms with Crippen molar-refractivity contribution in [2.75, 3.05) is 0 Å². The van der Waals surface area contributed by atoms with Gasteiger partial charge in [-0.3, -0.25) is 0 Å². The largest absolute Gasteiger partial charge is 0.385 e. The summed E-state index contributed by atoms with van der Waals surface area (Å²) in [6, 6.07) is 7.52. The molecule has 0 radical (unpaired) electrons. The maximum atomic E-state index is 10.2. The van der Waals surface area contributed by atoms with Gasteiger partial charge in [-0.05, 0) is 36.5 Å². The van der Waals surface area contributed by atoms with E-state index in [1.54, 1.807) is 0 Å². The summed E-state index contributed by atoms with van der Waals surface area (Å²) in [7, 11) is 0.